The fraction of sp³-hybridized carbons (Fsp3) is 0.400. The number of fused-ring (bicyclic) bond motifs is 1. The maximum Gasteiger partial charge on any atom is 0.337 e. The molecule has 1 aromatic heterocycles. The Morgan fingerprint density at radius 2 is 2.04 bits per heavy atom. The third-order valence-electron chi connectivity index (χ3n) is 4.48. The van der Waals surface area contributed by atoms with Gasteiger partial charge in [-0.25, -0.2) is 9.78 Å². The smallest absolute Gasteiger partial charge is 0.337 e. The monoisotopic (exact) mass is 401 g/mol. The van der Waals surface area contributed by atoms with Crippen molar-refractivity contribution in [2.24, 2.45) is 5.41 Å². The Hall–Kier alpha value is -2.74. The van der Waals surface area contributed by atoms with Crippen LogP contribution in [-0.2, 0) is 27.2 Å². The Labute approximate surface area is 167 Å². The van der Waals surface area contributed by atoms with E-state index in [4.69, 9.17) is 4.74 Å². The third-order valence-corrected chi connectivity index (χ3v) is 5.29. The van der Waals surface area contributed by atoms with Crippen LogP contribution >= 0.6 is 11.3 Å². The lowest BCUT2D eigenvalue weighted by Gasteiger charge is -2.17. The van der Waals surface area contributed by atoms with Crippen LogP contribution in [0, 0.1) is 5.41 Å². The molecule has 0 saturated carbocycles. The number of esters is 1. The van der Waals surface area contributed by atoms with Gasteiger partial charge in [0.25, 0.3) is 0 Å². The maximum absolute atomic E-state index is 12.8. The average Bonchev–Trinajstić information content (AvgIpc) is 3.26. The van der Waals surface area contributed by atoms with Crippen molar-refractivity contribution < 1.29 is 19.1 Å². The van der Waals surface area contributed by atoms with Gasteiger partial charge in [-0.3, -0.25) is 9.59 Å². The number of amides is 2. The molecule has 1 aromatic carbocycles. The van der Waals surface area contributed by atoms with Crippen LogP contribution in [0.5, 0.6) is 0 Å². The van der Waals surface area contributed by atoms with E-state index in [0.29, 0.717) is 29.4 Å². The predicted octanol–water partition coefficient (Wildman–Crippen LogP) is 3.05. The van der Waals surface area contributed by atoms with Crippen molar-refractivity contribution in [1.82, 2.24) is 4.98 Å². The summed E-state index contributed by atoms with van der Waals surface area (Å²) >= 11 is 1.31. The van der Waals surface area contributed by atoms with Gasteiger partial charge >= 0.3 is 5.97 Å². The van der Waals surface area contributed by atoms with Crippen molar-refractivity contribution in [3.63, 3.8) is 0 Å². The first kappa shape index (κ1) is 20.0. The molecule has 3 rings (SSSR count). The molecular weight excluding hydrogens is 378 g/mol. The van der Waals surface area contributed by atoms with E-state index in [-0.39, 0.29) is 24.2 Å². The van der Waals surface area contributed by atoms with E-state index < -0.39 is 5.41 Å². The zero-order chi connectivity index (χ0) is 20.5. The van der Waals surface area contributed by atoms with Crippen LogP contribution in [0.2, 0.25) is 0 Å². The van der Waals surface area contributed by atoms with Crippen LogP contribution in [-0.4, -0.2) is 36.4 Å². The Bertz CT molecular complexity index is 930. The number of carbonyl (C=O) groups excluding carboxylic acids is 3. The first-order chi connectivity index (χ1) is 13.2. The first-order valence-electron chi connectivity index (χ1n) is 8.96. The second kappa shape index (κ2) is 7.71. The van der Waals surface area contributed by atoms with Crippen LogP contribution in [0.4, 0.5) is 10.8 Å². The molecule has 0 saturated heterocycles. The number of hydrogen-bond donors (Lipinski definition) is 1. The van der Waals surface area contributed by atoms with E-state index in [2.05, 4.69) is 10.3 Å². The Morgan fingerprint density at radius 3 is 2.71 bits per heavy atom. The molecule has 8 heteroatoms. The average molecular weight is 401 g/mol. The predicted molar refractivity (Wildman–Crippen MR) is 108 cm³/mol. The number of hydrogen-bond acceptors (Lipinski definition) is 6. The van der Waals surface area contributed by atoms with E-state index in [0.717, 1.165) is 11.3 Å². The topological polar surface area (TPSA) is 88.6 Å². The third kappa shape index (κ3) is 4.22. The number of anilines is 2. The highest BCUT2D eigenvalue weighted by molar-refractivity contribution is 7.13. The van der Waals surface area contributed by atoms with Gasteiger partial charge in [-0.1, -0.05) is 20.8 Å². The molecule has 2 amide bonds. The number of benzene rings is 1. The standard InChI is InChI=1S/C20H23N3O4S/c1-20(2,3)18(26)22-19-21-14(11-28-19)10-16(24)23-8-7-12-9-13(17(25)27-4)5-6-15(12)23/h5-6,9,11H,7-8,10H2,1-4H3,(H,21,22,26). The second-order valence-corrected chi connectivity index (χ2v) is 8.51. The molecule has 0 fully saturated rings. The van der Waals surface area contributed by atoms with Gasteiger partial charge in [0, 0.05) is 23.0 Å². The molecule has 0 bridgehead atoms. The molecule has 28 heavy (non-hydrogen) atoms. The highest BCUT2D eigenvalue weighted by Gasteiger charge is 2.27. The molecule has 0 unspecified atom stereocenters. The summed E-state index contributed by atoms with van der Waals surface area (Å²) in [4.78, 5) is 42.6. The molecule has 7 nitrogen and oxygen atoms in total. The lowest BCUT2D eigenvalue weighted by molar-refractivity contribution is -0.123. The largest absolute Gasteiger partial charge is 0.465 e. The Morgan fingerprint density at radius 1 is 1.29 bits per heavy atom. The van der Waals surface area contributed by atoms with Crippen LogP contribution in [0.1, 0.15) is 42.4 Å². The SMILES string of the molecule is COC(=O)c1ccc2c(c1)CCN2C(=O)Cc1csc(NC(=O)C(C)(C)C)n1. The quantitative estimate of drug-likeness (QED) is 0.796. The molecule has 2 aromatic rings. The zero-order valence-corrected chi connectivity index (χ0v) is 17.2. The molecule has 1 aliphatic heterocycles. The van der Waals surface area contributed by atoms with E-state index in [1.807, 2.05) is 20.8 Å². The lowest BCUT2D eigenvalue weighted by atomic mass is 9.96. The number of aromatic nitrogens is 1. The normalized spacial score (nSPS) is 13.2. The van der Waals surface area contributed by atoms with Gasteiger partial charge in [-0.05, 0) is 30.2 Å². The van der Waals surface area contributed by atoms with E-state index in [9.17, 15) is 14.4 Å². The molecular formula is C20H23N3O4S. The molecule has 0 radical (unpaired) electrons. The van der Waals surface area contributed by atoms with Crippen molar-refractivity contribution in [2.75, 3.05) is 23.9 Å². The number of thiazole rings is 1. The number of carbonyl (C=O) groups is 3. The van der Waals surface area contributed by atoms with Gasteiger partial charge in [-0.2, -0.15) is 0 Å². The molecule has 2 heterocycles. The highest BCUT2D eigenvalue weighted by atomic mass is 32.1. The summed E-state index contributed by atoms with van der Waals surface area (Å²) in [7, 11) is 1.34. The lowest BCUT2D eigenvalue weighted by Crippen LogP contribution is -2.30. The van der Waals surface area contributed by atoms with Gasteiger partial charge in [0.15, 0.2) is 5.13 Å². The number of nitrogens with zero attached hydrogens (tertiary/aromatic N) is 2. The van der Waals surface area contributed by atoms with Crippen molar-refractivity contribution in [1.29, 1.82) is 0 Å². The fourth-order valence-corrected chi connectivity index (χ4v) is 3.59. The summed E-state index contributed by atoms with van der Waals surface area (Å²) < 4.78 is 4.74. The summed E-state index contributed by atoms with van der Waals surface area (Å²) in [6.07, 6.45) is 0.843. The number of methoxy groups -OCH3 is 1. The van der Waals surface area contributed by atoms with E-state index in [1.165, 1.54) is 18.4 Å². The second-order valence-electron chi connectivity index (χ2n) is 7.66. The molecule has 0 spiro atoms. The summed E-state index contributed by atoms with van der Waals surface area (Å²) in [5.74, 6) is -0.571. The summed E-state index contributed by atoms with van der Waals surface area (Å²) in [5.41, 5.74) is 2.36. The molecule has 0 aliphatic carbocycles. The van der Waals surface area contributed by atoms with Crippen molar-refractivity contribution in [2.45, 2.75) is 33.6 Å². The number of rotatable bonds is 4. The summed E-state index contributed by atoms with van der Waals surface area (Å²) in [5, 5.41) is 5.06. The van der Waals surface area contributed by atoms with Crippen LogP contribution in [0.3, 0.4) is 0 Å². The van der Waals surface area contributed by atoms with Crippen LogP contribution in [0.15, 0.2) is 23.6 Å². The van der Waals surface area contributed by atoms with Gasteiger partial charge in [-0.15, -0.1) is 11.3 Å². The fourth-order valence-electron chi connectivity index (χ4n) is 2.89. The summed E-state index contributed by atoms with van der Waals surface area (Å²) in [6, 6.07) is 5.22. The van der Waals surface area contributed by atoms with Gasteiger partial charge < -0.3 is 15.0 Å². The van der Waals surface area contributed by atoms with Crippen molar-refractivity contribution >= 4 is 39.9 Å². The summed E-state index contributed by atoms with van der Waals surface area (Å²) in [6.45, 7) is 6.06. The van der Waals surface area contributed by atoms with Gasteiger partial charge in [0.2, 0.25) is 11.8 Å². The van der Waals surface area contributed by atoms with Gasteiger partial charge in [0.1, 0.15) is 0 Å². The van der Waals surface area contributed by atoms with Crippen LogP contribution < -0.4 is 10.2 Å². The molecule has 0 atom stereocenters. The maximum atomic E-state index is 12.8. The minimum atomic E-state index is -0.510. The number of nitrogens with one attached hydrogen (secondary N) is 1. The Kier molecular flexibility index (Phi) is 5.51. The Balaban J connectivity index is 1.67. The van der Waals surface area contributed by atoms with E-state index in [1.54, 1.807) is 28.5 Å². The highest BCUT2D eigenvalue weighted by Crippen LogP contribution is 2.30. The van der Waals surface area contributed by atoms with Crippen molar-refractivity contribution in [3.05, 3.63) is 40.4 Å². The van der Waals surface area contributed by atoms with E-state index >= 15 is 0 Å². The zero-order valence-electron chi connectivity index (χ0n) is 16.4. The number of ether oxygens (including phenoxy) is 1. The van der Waals surface area contributed by atoms with Crippen LogP contribution in [0.25, 0.3) is 0 Å². The minimum Gasteiger partial charge on any atom is -0.465 e. The molecule has 1 N–H and O–H groups in total. The molecule has 1 aliphatic rings. The molecule has 148 valence electrons. The minimum absolute atomic E-state index is 0.0661. The van der Waals surface area contributed by atoms with Gasteiger partial charge in [0.05, 0.1) is 24.8 Å². The van der Waals surface area contributed by atoms with Crippen molar-refractivity contribution in [3.8, 4) is 0 Å². The first-order valence-corrected chi connectivity index (χ1v) is 9.84.